The van der Waals surface area contributed by atoms with E-state index in [0.717, 1.165) is 9.87 Å². The zero-order valence-electron chi connectivity index (χ0n) is 13.8. The minimum Gasteiger partial charge on any atom is -0.489 e. The molecule has 0 aromatic heterocycles. The summed E-state index contributed by atoms with van der Waals surface area (Å²) in [6, 6.07) is 12.5. The summed E-state index contributed by atoms with van der Waals surface area (Å²) >= 11 is 0. The fraction of sp³-hybridized carbons (Fsp3) is 0.167. The van der Waals surface area contributed by atoms with Crippen molar-refractivity contribution in [3.05, 3.63) is 66.7 Å². The fourth-order valence-corrected chi connectivity index (χ4v) is 3.56. The second kappa shape index (κ2) is 7.85. The monoisotopic (exact) mass is 361 g/mol. The lowest BCUT2D eigenvalue weighted by Gasteiger charge is -2.23. The molecule has 0 bridgehead atoms. The van der Waals surface area contributed by atoms with Gasteiger partial charge in [-0.25, -0.2) is 8.42 Å². The van der Waals surface area contributed by atoms with E-state index in [0.29, 0.717) is 5.75 Å². The van der Waals surface area contributed by atoms with E-state index in [1.165, 1.54) is 24.3 Å². The molecule has 132 valence electrons. The van der Waals surface area contributed by atoms with Crippen molar-refractivity contribution in [2.75, 3.05) is 17.5 Å². The van der Waals surface area contributed by atoms with Gasteiger partial charge in [-0.15, -0.1) is 0 Å². The summed E-state index contributed by atoms with van der Waals surface area (Å²) in [4.78, 5) is 11.2. The third kappa shape index (κ3) is 4.60. The van der Waals surface area contributed by atoms with Gasteiger partial charge in [-0.05, 0) is 31.2 Å². The molecule has 6 nitrogen and oxygen atoms in total. The van der Waals surface area contributed by atoms with Gasteiger partial charge < -0.3 is 9.84 Å². The molecular weight excluding hydrogens is 342 g/mol. The third-order valence-electron chi connectivity index (χ3n) is 3.36. The number of carboxylic acid groups (broad SMARTS) is 1. The van der Waals surface area contributed by atoms with Crippen molar-refractivity contribution in [1.82, 2.24) is 0 Å². The largest absolute Gasteiger partial charge is 0.489 e. The van der Waals surface area contributed by atoms with Crippen molar-refractivity contribution in [1.29, 1.82) is 0 Å². The first-order valence-electron chi connectivity index (χ1n) is 7.49. The van der Waals surface area contributed by atoms with Crippen LogP contribution in [0.4, 0.5) is 5.69 Å². The molecule has 2 rings (SSSR count). The molecule has 0 heterocycles. The van der Waals surface area contributed by atoms with E-state index in [1.807, 2.05) is 6.92 Å². The van der Waals surface area contributed by atoms with Crippen LogP contribution < -0.4 is 9.04 Å². The van der Waals surface area contributed by atoms with Crippen LogP contribution in [-0.2, 0) is 14.8 Å². The highest BCUT2D eigenvalue weighted by molar-refractivity contribution is 7.92. The number of nitrogens with zero attached hydrogens (tertiary/aromatic N) is 1. The summed E-state index contributed by atoms with van der Waals surface area (Å²) in [5.74, 6) is -0.833. The number of sulfonamides is 1. The van der Waals surface area contributed by atoms with Gasteiger partial charge in [-0.3, -0.25) is 9.10 Å². The highest BCUT2D eigenvalue weighted by Gasteiger charge is 2.27. The highest BCUT2D eigenvalue weighted by Crippen LogP contribution is 2.27. The summed E-state index contributed by atoms with van der Waals surface area (Å²) in [5.41, 5.74) is 1.12. The Morgan fingerprint density at radius 2 is 1.92 bits per heavy atom. The van der Waals surface area contributed by atoms with Gasteiger partial charge in [-0.1, -0.05) is 36.4 Å². The number of aliphatic carboxylic acids is 1. The number of aryl methyl sites for hydroxylation is 1. The molecule has 0 spiro atoms. The van der Waals surface area contributed by atoms with Crippen molar-refractivity contribution in [3.63, 3.8) is 0 Å². The molecular formula is C18H19NO5S. The van der Waals surface area contributed by atoms with Crippen LogP contribution in [0.2, 0.25) is 0 Å². The average molecular weight is 361 g/mol. The first-order chi connectivity index (χ1) is 11.8. The first-order valence-corrected chi connectivity index (χ1v) is 8.93. The molecule has 0 radical (unpaired) electrons. The SMILES string of the molecule is C=CCOc1cccc(N(CC(=O)O)S(=O)(=O)c2ccc(C)cc2)c1. The van der Waals surface area contributed by atoms with Crippen LogP contribution in [0.25, 0.3) is 0 Å². The average Bonchev–Trinajstić information content (AvgIpc) is 2.58. The Morgan fingerprint density at radius 1 is 1.24 bits per heavy atom. The molecule has 0 amide bonds. The predicted octanol–water partition coefficient (Wildman–Crippen LogP) is 2.84. The van der Waals surface area contributed by atoms with E-state index >= 15 is 0 Å². The standard InChI is InChI=1S/C18H19NO5S/c1-3-11-24-16-6-4-5-15(12-16)19(13-18(20)21)25(22,23)17-9-7-14(2)8-10-17/h3-10,12H,1,11,13H2,2H3,(H,20,21). The van der Waals surface area contributed by atoms with Crippen LogP contribution in [0.5, 0.6) is 5.75 Å². The molecule has 0 saturated heterocycles. The lowest BCUT2D eigenvalue weighted by atomic mass is 10.2. The van der Waals surface area contributed by atoms with Gasteiger partial charge in [0.05, 0.1) is 10.6 Å². The zero-order valence-corrected chi connectivity index (χ0v) is 14.6. The minimum absolute atomic E-state index is 0.0248. The Labute approximate surface area is 147 Å². The molecule has 2 aromatic rings. The molecule has 1 N–H and O–H groups in total. The number of carboxylic acids is 1. The summed E-state index contributed by atoms with van der Waals surface area (Å²) in [6.45, 7) is 4.95. The quantitative estimate of drug-likeness (QED) is 0.731. The van der Waals surface area contributed by atoms with Crippen LogP contribution in [0.1, 0.15) is 5.56 Å². The number of benzene rings is 2. The fourth-order valence-electron chi connectivity index (χ4n) is 2.16. The third-order valence-corrected chi connectivity index (χ3v) is 5.15. The number of hydrogen-bond acceptors (Lipinski definition) is 4. The Balaban J connectivity index is 2.47. The van der Waals surface area contributed by atoms with Gasteiger partial charge >= 0.3 is 5.97 Å². The van der Waals surface area contributed by atoms with Crippen LogP contribution in [0.3, 0.4) is 0 Å². The summed E-state index contributed by atoms with van der Waals surface area (Å²) in [7, 11) is -4.03. The van der Waals surface area contributed by atoms with E-state index < -0.39 is 22.5 Å². The molecule has 2 aromatic carbocycles. The van der Waals surface area contributed by atoms with Crippen molar-refractivity contribution in [2.45, 2.75) is 11.8 Å². The van der Waals surface area contributed by atoms with Gasteiger partial charge in [0, 0.05) is 6.07 Å². The van der Waals surface area contributed by atoms with Crippen molar-refractivity contribution >= 4 is 21.7 Å². The maximum atomic E-state index is 12.9. The molecule has 0 aliphatic rings. The van der Waals surface area contributed by atoms with Crippen LogP contribution >= 0.6 is 0 Å². The number of ether oxygens (including phenoxy) is 1. The molecule has 0 atom stereocenters. The number of carbonyl (C=O) groups is 1. The maximum Gasteiger partial charge on any atom is 0.324 e. The van der Waals surface area contributed by atoms with Gasteiger partial charge in [0.25, 0.3) is 10.0 Å². The van der Waals surface area contributed by atoms with E-state index in [9.17, 15) is 13.2 Å². The smallest absolute Gasteiger partial charge is 0.324 e. The Bertz CT molecular complexity index is 859. The van der Waals surface area contributed by atoms with Crippen LogP contribution in [-0.4, -0.2) is 32.6 Å². The van der Waals surface area contributed by atoms with E-state index in [4.69, 9.17) is 9.84 Å². The van der Waals surface area contributed by atoms with Crippen molar-refractivity contribution in [2.24, 2.45) is 0 Å². The van der Waals surface area contributed by atoms with Gasteiger partial charge in [0.1, 0.15) is 18.9 Å². The Morgan fingerprint density at radius 3 is 2.52 bits per heavy atom. The minimum atomic E-state index is -4.03. The molecule has 0 unspecified atom stereocenters. The van der Waals surface area contributed by atoms with Crippen molar-refractivity contribution < 1.29 is 23.1 Å². The predicted molar refractivity (Wildman–Crippen MR) is 95.5 cm³/mol. The molecule has 0 saturated carbocycles. The molecule has 0 fully saturated rings. The second-order valence-corrected chi connectivity index (χ2v) is 7.18. The number of anilines is 1. The van der Waals surface area contributed by atoms with E-state index in [1.54, 1.807) is 30.3 Å². The summed E-state index contributed by atoms with van der Waals surface area (Å²) in [5, 5.41) is 9.16. The Hall–Kier alpha value is -2.80. The number of rotatable bonds is 8. The summed E-state index contributed by atoms with van der Waals surface area (Å²) in [6.07, 6.45) is 1.56. The van der Waals surface area contributed by atoms with E-state index in [-0.39, 0.29) is 17.2 Å². The number of hydrogen-bond donors (Lipinski definition) is 1. The molecule has 0 aliphatic carbocycles. The van der Waals surface area contributed by atoms with Crippen LogP contribution in [0.15, 0.2) is 66.1 Å². The van der Waals surface area contributed by atoms with Gasteiger partial charge in [0.15, 0.2) is 0 Å². The zero-order chi connectivity index (χ0) is 18.4. The highest BCUT2D eigenvalue weighted by atomic mass is 32.2. The molecule has 7 heteroatoms. The topological polar surface area (TPSA) is 83.9 Å². The first kappa shape index (κ1) is 18.5. The molecule has 0 aliphatic heterocycles. The lowest BCUT2D eigenvalue weighted by Crippen LogP contribution is -2.35. The van der Waals surface area contributed by atoms with Crippen LogP contribution in [0, 0.1) is 6.92 Å². The normalized spacial score (nSPS) is 10.9. The van der Waals surface area contributed by atoms with Gasteiger partial charge in [-0.2, -0.15) is 0 Å². The second-order valence-electron chi connectivity index (χ2n) is 5.32. The summed E-state index contributed by atoms with van der Waals surface area (Å²) < 4.78 is 32.1. The van der Waals surface area contributed by atoms with Crippen molar-refractivity contribution in [3.8, 4) is 5.75 Å². The molecule has 25 heavy (non-hydrogen) atoms. The maximum absolute atomic E-state index is 12.9. The Kier molecular flexibility index (Phi) is 5.82. The van der Waals surface area contributed by atoms with Gasteiger partial charge in [0.2, 0.25) is 0 Å². The van der Waals surface area contributed by atoms with E-state index in [2.05, 4.69) is 6.58 Å². The lowest BCUT2D eigenvalue weighted by molar-refractivity contribution is -0.135.